The van der Waals surface area contributed by atoms with Gasteiger partial charge in [0.15, 0.2) is 0 Å². The molecule has 2 aliphatic carbocycles. The van der Waals surface area contributed by atoms with Gasteiger partial charge >= 0.3 is 0 Å². The van der Waals surface area contributed by atoms with Crippen molar-refractivity contribution in [1.29, 1.82) is 0 Å². The first-order chi connectivity index (χ1) is 12.1. The zero-order valence-electron chi connectivity index (χ0n) is 14.4. The summed E-state index contributed by atoms with van der Waals surface area (Å²) in [5.74, 6) is 0.640. The Kier molecular flexibility index (Phi) is 4.46. The van der Waals surface area contributed by atoms with Gasteiger partial charge in [-0.25, -0.2) is 4.98 Å². The number of hydrogen-bond donors (Lipinski definition) is 2. The van der Waals surface area contributed by atoms with E-state index in [9.17, 15) is 9.59 Å². The van der Waals surface area contributed by atoms with Crippen LogP contribution in [-0.2, 0) is 14.3 Å². The molecule has 0 radical (unpaired) electrons. The number of amides is 2. The molecule has 6 heteroatoms. The quantitative estimate of drug-likeness (QED) is 0.861. The maximum absolute atomic E-state index is 12.2. The lowest BCUT2D eigenvalue weighted by molar-refractivity contribution is -0.122. The highest BCUT2D eigenvalue weighted by Crippen LogP contribution is 2.49. The molecule has 134 valence electrons. The van der Waals surface area contributed by atoms with E-state index < -0.39 is 0 Å². The van der Waals surface area contributed by atoms with E-state index in [2.05, 4.69) is 15.6 Å². The van der Waals surface area contributed by atoms with E-state index >= 15 is 0 Å². The van der Waals surface area contributed by atoms with Gasteiger partial charge in [0.1, 0.15) is 5.82 Å². The van der Waals surface area contributed by atoms with Crippen LogP contribution in [0.15, 0.2) is 18.3 Å². The van der Waals surface area contributed by atoms with Gasteiger partial charge in [0.05, 0.1) is 31.0 Å². The summed E-state index contributed by atoms with van der Waals surface area (Å²) in [6.07, 6.45) is 9.83. The molecule has 2 amide bonds. The Morgan fingerprint density at radius 1 is 1.20 bits per heavy atom. The number of anilines is 2. The molecular formula is C19H25N3O3. The molecule has 1 aromatic rings. The summed E-state index contributed by atoms with van der Waals surface area (Å²) in [5.41, 5.74) is 1.03. The standard InChI is InChI=1S/C19H25N3O3/c23-17(9-15-10-19(12-25-15)7-2-8-19)22-16-6-5-14(11-20-16)21-18(24)13-3-1-4-13/h5-6,11,13,15H,1-4,7-10,12H2,(H,21,24)(H,20,22,23). The zero-order valence-corrected chi connectivity index (χ0v) is 14.4. The lowest BCUT2D eigenvalue weighted by Crippen LogP contribution is -2.30. The Bertz CT molecular complexity index is 650. The van der Waals surface area contributed by atoms with Crippen molar-refractivity contribution in [2.75, 3.05) is 17.2 Å². The highest BCUT2D eigenvalue weighted by Gasteiger charge is 2.44. The summed E-state index contributed by atoms with van der Waals surface area (Å²) in [6.45, 7) is 0.804. The van der Waals surface area contributed by atoms with Crippen molar-refractivity contribution >= 4 is 23.3 Å². The predicted octanol–water partition coefficient (Wildman–Crippen LogP) is 3.11. The van der Waals surface area contributed by atoms with Crippen LogP contribution in [0.3, 0.4) is 0 Å². The fourth-order valence-electron chi connectivity index (χ4n) is 3.91. The highest BCUT2D eigenvalue weighted by atomic mass is 16.5. The summed E-state index contributed by atoms with van der Waals surface area (Å²) >= 11 is 0. The lowest BCUT2D eigenvalue weighted by atomic mass is 9.67. The zero-order chi connectivity index (χ0) is 17.3. The number of hydrogen-bond acceptors (Lipinski definition) is 4. The maximum Gasteiger partial charge on any atom is 0.228 e. The summed E-state index contributed by atoms with van der Waals surface area (Å²) in [4.78, 5) is 28.3. The highest BCUT2D eigenvalue weighted by molar-refractivity contribution is 5.93. The molecule has 25 heavy (non-hydrogen) atoms. The van der Waals surface area contributed by atoms with Crippen molar-refractivity contribution in [2.45, 2.75) is 57.5 Å². The van der Waals surface area contributed by atoms with Crippen LogP contribution in [-0.4, -0.2) is 29.5 Å². The van der Waals surface area contributed by atoms with Gasteiger partial charge in [-0.05, 0) is 49.7 Å². The van der Waals surface area contributed by atoms with E-state index in [1.54, 1.807) is 18.3 Å². The SMILES string of the molecule is O=C(CC1CC2(CCC2)CO1)Nc1ccc(NC(=O)C2CCC2)cn1. The number of pyridine rings is 1. The largest absolute Gasteiger partial charge is 0.377 e. The Hall–Kier alpha value is -1.95. The molecule has 0 bridgehead atoms. The monoisotopic (exact) mass is 343 g/mol. The van der Waals surface area contributed by atoms with Crippen LogP contribution in [0.5, 0.6) is 0 Å². The molecule has 3 fully saturated rings. The van der Waals surface area contributed by atoms with E-state index in [1.165, 1.54) is 19.3 Å². The average molecular weight is 343 g/mol. The van der Waals surface area contributed by atoms with E-state index in [0.717, 1.165) is 32.3 Å². The van der Waals surface area contributed by atoms with Gasteiger partial charge in [-0.3, -0.25) is 9.59 Å². The minimum Gasteiger partial charge on any atom is -0.377 e. The second-order valence-electron chi connectivity index (χ2n) is 7.79. The van der Waals surface area contributed by atoms with Crippen molar-refractivity contribution in [1.82, 2.24) is 4.98 Å². The molecule has 1 aliphatic heterocycles. The minimum absolute atomic E-state index is 0.0290. The Morgan fingerprint density at radius 3 is 2.60 bits per heavy atom. The van der Waals surface area contributed by atoms with Gasteiger partial charge in [0, 0.05) is 5.92 Å². The Labute approximate surface area is 147 Å². The van der Waals surface area contributed by atoms with Crippen LogP contribution in [0.2, 0.25) is 0 Å². The summed E-state index contributed by atoms with van der Waals surface area (Å²) in [6, 6.07) is 3.49. The third kappa shape index (κ3) is 3.68. The smallest absolute Gasteiger partial charge is 0.228 e. The first kappa shape index (κ1) is 16.5. The van der Waals surface area contributed by atoms with Crippen LogP contribution < -0.4 is 10.6 Å². The van der Waals surface area contributed by atoms with Crippen LogP contribution >= 0.6 is 0 Å². The van der Waals surface area contributed by atoms with E-state index in [4.69, 9.17) is 4.74 Å². The molecule has 1 aromatic heterocycles. The molecule has 0 aromatic carbocycles. The Balaban J connectivity index is 1.24. The molecular weight excluding hydrogens is 318 g/mol. The topological polar surface area (TPSA) is 80.3 Å². The van der Waals surface area contributed by atoms with Gasteiger partial charge in [0.2, 0.25) is 11.8 Å². The number of nitrogens with zero attached hydrogens (tertiary/aromatic N) is 1. The molecule has 6 nitrogen and oxygen atoms in total. The van der Waals surface area contributed by atoms with Gasteiger partial charge < -0.3 is 15.4 Å². The van der Waals surface area contributed by atoms with Crippen LogP contribution in [0.1, 0.15) is 51.4 Å². The number of carbonyl (C=O) groups is 2. The van der Waals surface area contributed by atoms with Gasteiger partial charge in [0.25, 0.3) is 0 Å². The van der Waals surface area contributed by atoms with Crippen molar-refractivity contribution in [3.05, 3.63) is 18.3 Å². The number of carbonyl (C=O) groups excluding carboxylic acids is 2. The molecule has 2 N–H and O–H groups in total. The third-order valence-corrected chi connectivity index (χ3v) is 5.89. The van der Waals surface area contributed by atoms with Crippen LogP contribution in [0.4, 0.5) is 11.5 Å². The minimum atomic E-state index is -0.0693. The van der Waals surface area contributed by atoms with Crippen LogP contribution in [0.25, 0.3) is 0 Å². The average Bonchev–Trinajstić information content (AvgIpc) is 2.92. The van der Waals surface area contributed by atoms with Gasteiger partial charge in [-0.1, -0.05) is 12.8 Å². The first-order valence-corrected chi connectivity index (χ1v) is 9.30. The fourth-order valence-corrected chi connectivity index (χ4v) is 3.91. The Morgan fingerprint density at radius 2 is 2.04 bits per heavy atom. The van der Waals surface area contributed by atoms with Crippen molar-refractivity contribution < 1.29 is 14.3 Å². The number of ether oxygens (including phenoxy) is 1. The molecule has 1 atom stereocenters. The normalized spacial score (nSPS) is 24.4. The molecule has 2 saturated carbocycles. The van der Waals surface area contributed by atoms with Gasteiger partial charge in [-0.2, -0.15) is 0 Å². The van der Waals surface area contributed by atoms with E-state index in [1.807, 2.05) is 0 Å². The number of rotatable bonds is 5. The molecule has 2 heterocycles. The second-order valence-corrected chi connectivity index (χ2v) is 7.79. The van der Waals surface area contributed by atoms with Crippen molar-refractivity contribution in [3.63, 3.8) is 0 Å². The molecule has 4 rings (SSSR count). The fraction of sp³-hybridized carbons (Fsp3) is 0.632. The molecule has 1 saturated heterocycles. The summed E-state index contributed by atoms with van der Waals surface area (Å²) < 4.78 is 5.79. The number of nitrogens with one attached hydrogen (secondary N) is 2. The molecule has 1 spiro atoms. The number of aromatic nitrogens is 1. The summed E-state index contributed by atoms with van der Waals surface area (Å²) in [7, 11) is 0. The van der Waals surface area contributed by atoms with E-state index in [0.29, 0.717) is 23.3 Å². The molecule has 3 aliphatic rings. The van der Waals surface area contributed by atoms with Gasteiger partial charge in [-0.15, -0.1) is 0 Å². The van der Waals surface area contributed by atoms with Crippen LogP contribution in [0, 0.1) is 11.3 Å². The van der Waals surface area contributed by atoms with E-state index in [-0.39, 0.29) is 23.8 Å². The molecule has 1 unspecified atom stereocenters. The second kappa shape index (κ2) is 6.75. The summed E-state index contributed by atoms with van der Waals surface area (Å²) in [5, 5.41) is 5.69. The van der Waals surface area contributed by atoms with Crippen molar-refractivity contribution in [3.8, 4) is 0 Å². The lowest BCUT2D eigenvalue weighted by Gasteiger charge is -2.36. The van der Waals surface area contributed by atoms with Crippen molar-refractivity contribution in [2.24, 2.45) is 11.3 Å². The first-order valence-electron chi connectivity index (χ1n) is 9.30. The maximum atomic E-state index is 12.2. The third-order valence-electron chi connectivity index (χ3n) is 5.89. The predicted molar refractivity (Wildman–Crippen MR) is 94.1 cm³/mol.